The van der Waals surface area contributed by atoms with Gasteiger partial charge in [-0.3, -0.25) is 9.59 Å². The number of hydrogen-bond acceptors (Lipinski definition) is 4. The Morgan fingerprint density at radius 1 is 1.06 bits per heavy atom. The van der Waals surface area contributed by atoms with Crippen LogP contribution >= 0.6 is 27.7 Å². The molecule has 0 aliphatic carbocycles. The lowest BCUT2D eigenvalue weighted by Gasteiger charge is -2.31. The van der Waals surface area contributed by atoms with E-state index in [0.717, 1.165) is 27.1 Å². The van der Waals surface area contributed by atoms with E-state index in [0.29, 0.717) is 18.7 Å². The summed E-state index contributed by atoms with van der Waals surface area (Å²) in [7, 11) is 1.62. The summed E-state index contributed by atoms with van der Waals surface area (Å²) in [6.45, 7) is 6.17. The maximum Gasteiger partial charge on any atom is 0.243 e. The molecule has 0 saturated heterocycles. The number of nitrogens with zero attached hydrogens (tertiary/aromatic N) is 1. The van der Waals surface area contributed by atoms with Crippen LogP contribution in [0.5, 0.6) is 5.75 Å². The Morgan fingerprint density at radius 3 is 2.23 bits per heavy atom. The molecule has 0 bridgehead atoms. The van der Waals surface area contributed by atoms with Crippen LogP contribution in [0, 0.1) is 0 Å². The fourth-order valence-electron chi connectivity index (χ4n) is 3.15. The number of amides is 2. The van der Waals surface area contributed by atoms with Crippen molar-refractivity contribution in [2.24, 2.45) is 0 Å². The van der Waals surface area contributed by atoms with Crippen LogP contribution in [-0.4, -0.2) is 41.7 Å². The Hall–Kier alpha value is -1.99. The lowest BCUT2D eigenvalue weighted by Crippen LogP contribution is -2.50. The first-order valence-electron chi connectivity index (χ1n) is 10.4. The molecule has 31 heavy (non-hydrogen) atoms. The van der Waals surface area contributed by atoms with Crippen LogP contribution in [0.25, 0.3) is 0 Å². The predicted molar refractivity (Wildman–Crippen MR) is 131 cm³/mol. The van der Waals surface area contributed by atoms with Gasteiger partial charge in [0.25, 0.3) is 0 Å². The molecule has 1 atom stereocenters. The topological polar surface area (TPSA) is 58.6 Å². The molecule has 0 aliphatic rings. The van der Waals surface area contributed by atoms with Crippen molar-refractivity contribution in [3.05, 3.63) is 64.1 Å². The summed E-state index contributed by atoms with van der Waals surface area (Å²) < 4.78 is 6.26. The van der Waals surface area contributed by atoms with Gasteiger partial charge in [0.05, 0.1) is 12.9 Å². The van der Waals surface area contributed by atoms with E-state index in [1.807, 2.05) is 69.3 Å². The molecular formula is C24H31BrN2O3S. The van der Waals surface area contributed by atoms with Gasteiger partial charge >= 0.3 is 0 Å². The summed E-state index contributed by atoms with van der Waals surface area (Å²) in [4.78, 5) is 27.7. The molecule has 168 valence electrons. The fraction of sp³-hybridized carbons (Fsp3) is 0.417. The van der Waals surface area contributed by atoms with Crippen molar-refractivity contribution in [3.63, 3.8) is 0 Å². The van der Waals surface area contributed by atoms with E-state index in [-0.39, 0.29) is 17.9 Å². The van der Waals surface area contributed by atoms with Gasteiger partial charge in [-0.25, -0.2) is 0 Å². The predicted octanol–water partition coefficient (Wildman–Crippen LogP) is 5.02. The second kappa shape index (κ2) is 12.8. The van der Waals surface area contributed by atoms with Gasteiger partial charge in [0.2, 0.25) is 11.8 Å². The zero-order valence-corrected chi connectivity index (χ0v) is 21.0. The SMILES string of the molecule is CC[C@H](C(=O)NC(C)C)N(Cc1ccc(OC)cc1)C(=O)CSCc1ccc(Br)cc1. The molecule has 7 heteroatoms. The quantitative estimate of drug-likeness (QED) is 0.464. The van der Waals surface area contributed by atoms with E-state index in [1.165, 1.54) is 0 Å². The van der Waals surface area contributed by atoms with Gasteiger partial charge in [0.1, 0.15) is 11.8 Å². The molecular weight excluding hydrogens is 476 g/mol. The zero-order valence-electron chi connectivity index (χ0n) is 18.6. The molecule has 0 unspecified atom stereocenters. The molecule has 1 N–H and O–H groups in total. The molecule has 2 aromatic rings. The Bertz CT molecular complexity index is 841. The van der Waals surface area contributed by atoms with Gasteiger partial charge in [0.15, 0.2) is 0 Å². The third-order valence-corrected chi connectivity index (χ3v) is 6.25. The average molecular weight is 507 g/mol. The minimum absolute atomic E-state index is 0.0197. The van der Waals surface area contributed by atoms with Gasteiger partial charge in [-0.05, 0) is 55.7 Å². The third-order valence-electron chi connectivity index (χ3n) is 4.74. The highest BCUT2D eigenvalue weighted by atomic mass is 79.9. The second-order valence-electron chi connectivity index (χ2n) is 7.58. The molecule has 0 fully saturated rings. The highest BCUT2D eigenvalue weighted by Gasteiger charge is 2.28. The van der Waals surface area contributed by atoms with Crippen LogP contribution < -0.4 is 10.1 Å². The van der Waals surface area contributed by atoms with E-state index < -0.39 is 6.04 Å². The van der Waals surface area contributed by atoms with Gasteiger partial charge in [0, 0.05) is 22.8 Å². The standard InChI is InChI=1S/C24H31BrN2O3S/c1-5-22(24(29)26-17(2)3)27(14-18-8-12-21(30-4)13-9-18)23(28)16-31-15-19-6-10-20(25)11-7-19/h6-13,17,22H,5,14-16H2,1-4H3,(H,26,29)/t22-/m1/s1. The zero-order chi connectivity index (χ0) is 22.8. The summed E-state index contributed by atoms with van der Waals surface area (Å²) in [6.07, 6.45) is 0.553. The maximum atomic E-state index is 13.2. The van der Waals surface area contributed by atoms with E-state index in [1.54, 1.807) is 23.8 Å². The Morgan fingerprint density at radius 2 is 1.68 bits per heavy atom. The largest absolute Gasteiger partial charge is 0.497 e. The Balaban J connectivity index is 2.12. The number of carbonyl (C=O) groups is 2. The molecule has 0 heterocycles. The van der Waals surface area contributed by atoms with Crippen molar-refractivity contribution in [2.45, 2.75) is 51.6 Å². The van der Waals surface area contributed by atoms with Crippen molar-refractivity contribution in [3.8, 4) is 5.75 Å². The number of halogens is 1. The van der Waals surface area contributed by atoms with E-state index >= 15 is 0 Å². The number of methoxy groups -OCH3 is 1. The van der Waals surface area contributed by atoms with Gasteiger partial charge < -0.3 is 15.0 Å². The minimum atomic E-state index is -0.509. The number of nitrogens with one attached hydrogen (secondary N) is 1. The van der Waals surface area contributed by atoms with Crippen molar-refractivity contribution >= 4 is 39.5 Å². The lowest BCUT2D eigenvalue weighted by atomic mass is 10.1. The van der Waals surface area contributed by atoms with Crippen LogP contribution in [0.1, 0.15) is 38.3 Å². The van der Waals surface area contributed by atoms with Crippen LogP contribution in [0.2, 0.25) is 0 Å². The van der Waals surface area contributed by atoms with Crippen molar-refractivity contribution in [2.75, 3.05) is 12.9 Å². The Kier molecular flexibility index (Phi) is 10.4. The van der Waals surface area contributed by atoms with Crippen LogP contribution in [0.3, 0.4) is 0 Å². The normalized spacial score (nSPS) is 11.8. The number of thioether (sulfide) groups is 1. The molecule has 0 aliphatic heterocycles. The molecule has 2 rings (SSSR count). The molecule has 0 saturated carbocycles. The monoisotopic (exact) mass is 506 g/mol. The fourth-order valence-corrected chi connectivity index (χ4v) is 4.28. The number of benzene rings is 2. The van der Waals surface area contributed by atoms with Crippen molar-refractivity contribution < 1.29 is 14.3 Å². The number of rotatable bonds is 11. The first kappa shape index (κ1) is 25.3. The van der Waals surface area contributed by atoms with Crippen LogP contribution in [-0.2, 0) is 21.9 Å². The molecule has 2 amide bonds. The van der Waals surface area contributed by atoms with Crippen LogP contribution in [0.15, 0.2) is 53.0 Å². The van der Waals surface area contributed by atoms with E-state index in [2.05, 4.69) is 21.2 Å². The number of hydrogen-bond donors (Lipinski definition) is 1. The molecule has 0 radical (unpaired) electrons. The van der Waals surface area contributed by atoms with E-state index in [4.69, 9.17) is 4.74 Å². The number of carbonyl (C=O) groups excluding carboxylic acids is 2. The highest BCUT2D eigenvalue weighted by Crippen LogP contribution is 2.20. The number of ether oxygens (including phenoxy) is 1. The lowest BCUT2D eigenvalue weighted by molar-refractivity contribution is -0.139. The third kappa shape index (κ3) is 8.22. The van der Waals surface area contributed by atoms with Crippen molar-refractivity contribution in [1.29, 1.82) is 0 Å². The van der Waals surface area contributed by atoms with Crippen molar-refractivity contribution in [1.82, 2.24) is 10.2 Å². The van der Waals surface area contributed by atoms with Gasteiger partial charge in [-0.2, -0.15) is 0 Å². The highest BCUT2D eigenvalue weighted by molar-refractivity contribution is 9.10. The summed E-state index contributed by atoms with van der Waals surface area (Å²) in [6, 6.07) is 15.2. The van der Waals surface area contributed by atoms with Gasteiger partial charge in [-0.15, -0.1) is 11.8 Å². The van der Waals surface area contributed by atoms with E-state index in [9.17, 15) is 9.59 Å². The van der Waals surface area contributed by atoms with Gasteiger partial charge in [-0.1, -0.05) is 47.1 Å². The summed E-state index contributed by atoms with van der Waals surface area (Å²) in [5, 5.41) is 2.96. The summed E-state index contributed by atoms with van der Waals surface area (Å²) in [5.41, 5.74) is 2.12. The molecule has 2 aromatic carbocycles. The Labute approximate surface area is 198 Å². The van der Waals surface area contributed by atoms with Crippen LogP contribution in [0.4, 0.5) is 0 Å². The minimum Gasteiger partial charge on any atom is -0.497 e. The average Bonchev–Trinajstić information content (AvgIpc) is 2.74. The summed E-state index contributed by atoms with van der Waals surface area (Å²) >= 11 is 5.00. The smallest absolute Gasteiger partial charge is 0.243 e. The molecule has 5 nitrogen and oxygen atoms in total. The molecule has 0 spiro atoms. The maximum absolute atomic E-state index is 13.2. The first-order valence-corrected chi connectivity index (χ1v) is 12.3. The second-order valence-corrected chi connectivity index (χ2v) is 9.48. The summed E-state index contributed by atoms with van der Waals surface area (Å²) in [5.74, 6) is 1.67. The first-order chi connectivity index (χ1) is 14.8. The molecule has 0 aromatic heterocycles.